The van der Waals surface area contributed by atoms with Crippen molar-refractivity contribution in [3.63, 3.8) is 0 Å². The molecule has 0 aromatic heterocycles. The van der Waals surface area contributed by atoms with E-state index in [0.717, 1.165) is 0 Å². The summed E-state index contributed by atoms with van der Waals surface area (Å²) in [6.45, 7) is 0.494. The highest BCUT2D eigenvalue weighted by Gasteiger charge is 2.10. The van der Waals surface area contributed by atoms with E-state index in [-0.39, 0.29) is 18.8 Å². The van der Waals surface area contributed by atoms with Gasteiger partial charge in [0.2, 0.25) is 10.0 Å². The molecule has 1 N–H and O–H groups in total. The predicted octanol–water partition coefficient (Wildman–Crippen LogP) is 1.68. The minimum absolute atomic E-state index is 0.139. The van der Waals surface area contributed by atoms with Gasteiger partial charge in [-0.1, -0.05) is 17.2 Å². The molecule has 0 aliphatic heterocycles. The van der Waals surface area contributed by atoms with Gasteiger partial charge >= 0.3 is 0 Å². The van der Waals surface area contributed by atoms with Gasteiger partial charge in [0.05, 0.1) is 17.4 Å². The molecule has 0 aliphatic carbocycles. The summed E-state index contributed by atoms with van der Waals surface area (Å²) in [6.07, 6.45) is 0.455. The van der Waals surface area contributed by atoms with E-state index in [4.69, 9.17) is 10.8 Å². The third-order valence-corrected chi connectivity index (χ3v) is 3.62. The van der Waals surface area contributed by atoms with E-state index in [1.165, 1.54) is 0 Å². The monoisotopic (exact) mass is 279 g/mol. The molecule has 7 nitrogen and oxygen atoms in total. The second kappa shape index (κ2) is 7.38. The minimum atomic E-state index is -3.41. The average Bonchev–Trinajstić information content (AvgIpc) is 2.39. The van der Waals surface area contributed by atoms with Crippen LogP contribution in [0, 0.1) is 11.3 Å². The molecule has 0 amide bonds. The van der Waals surface area contributed by atoms with E-state index in [0.29, 0.717) is 17.5 Å². The van der Waals surface area contributed by atoms with Crippen molar-refractivity contribution in [1.29, 1.82) is 5.26 Å². The number of rotatable bonds is 7. The summed E-state index contributed by atoms with van der Waals surface area (Å²) in [4.78, 5) is 2.58. The number of sulfonamides is 1. The third-order valence-electron chi connectivity index (χ3n) is 2.26. The molecule has 0 heterocycles. The molecule has 100 valence electrons. The average molecular weight is 279 g/mol. The lowest BCUT2D eigenvalue weighted by Crippen LogP contribution is -2.26. The van der Waals surface area contributed by atoms with Crippen molar-refractivity contribution in [1.82, 2.24) is 4.72 Å². The summed E-state index contributed by atoms with van der Waals surface area (Å²) >= 11 is 0. The third kappa shape index (κ3) is 5.88. The minimum Gasteiger partial charge on any atom is -0.215 e. The first-order chi connectivity index (χ1) is 9.07. The fourth-order valence-electron chi connectivity index (χ4n) is 1.37. The van der Waals surface area contributed by atoms with Crippen LogP contribution >= 0.6 is 0 Å². The van der Waals surface area contributed by atoms with Gasteiger partial charge in [-0.2, -0.15) is 5.26 Å². The zero-order valence-corrected chi connectivity index (χ0v) is 11.0. The highest BCUT2D eigenvalue weighted by atomic mass is 32.2. The van der Waals surface area contributed by atoms with Crippen LogP contribution in [0.4, 0.5) is 0 Å². The lowest BCUT2D eigenvalue weighted by molar-refractivity contribution is 0.578. The Kier molecular flexibility index (Phi) is 5.82. The lowest BCUT2D eigenvalue weighted by atomic mass is 10.2. The summed E-state index contributed by atoms with van der Waals surface area (Å²) < 4.78 is 25.8. The zero-order chi connectivity index (χ0) is 14.1. The Morgan fingerprint density at radius 3 is 2.63 bits per heavy atom. The first-order valence-electron chi connectivity index (χ1n) is 5.54. The van der Waals surface area contributed by atoms with Gasteiger partial charge in [-0.25, -0.2) is 13.1 Å². The van der Waals surface area contributed by atoms with Crippen LogP contribution in [0.1, 0.15) is 17.5 Å². The molecule has 0 bridgehead atoms. The van der Waals surface area contributed by atoms with E-state index < -0.39 is 10.0 Å². The number of azide groups is 1. The van der Waals surface area contributed by atoms with Crippen LogP contribution in [-0.4, -0.2) is 21.5 Å². The fourth-order valence-corrected chi connectivity index (χ4v) is 2.56. The van der Waals surface area contributed by atoms with Crippen molar-refractivity contribution in [2.24, 2.45) is 5.11 Å². The molecule has 0 atom stereocenters. The van der Waals surface area contributed by atoms with Crippen LogP contribution < -0.4 is 4.72 Å². The maximum Gasteiger partial charge on any atom is 0.215 e. The van der Waals surface area contributed by atoms with Crippen LogP contribution in [0.15, 0.2) is 29.4 Å². The number of hydrogen-bond donors (Lipinski definition) is 1. The highest BCUT2D eigenvalue weighted by Crippen LogP contribution is 2.07. The molecule has 1 aromatic carbocycles. The van der Waals surface area contributed by atoms with E-state index in [1.54, 1.807) is 24.3 Å². The molecule has 0 radical (unpaired) electrons. The second-order valence-corrected chi connectivity index (χ2v) is 5.58. The van der Waals surface area contributed by atoms with Crippen molar-refractivity contribution in [3.05, 3.63) is 45.8 Å². The molecular weight excluding hydrogens is 266 g/mol. The zero-order valence-electron chi connectivity index (χ0n) is 10.2. The van der Waals surface area contributed by atoms with Crippen molar-refractivity contribution >= 4 is 10.0 Å². The Morgan fingerprint density at radius 2 is 2.05 bits per heavy atom. The van der Waals surface area contributed by atoms with E-state index >= 15 is 0 Å². The van der Waals surface area contributed by atoms with Gasteiger partial charge in [-0.05, 0) is 29.6 Å². The Labute approximate surface area is 111 Å². The van der Waals surface area contributed by atoms with Crippen LogP contribution in [-0.2, 0) is 15.8 Å². The van der Waals surface area contributed by atoms with Crippen molar-refractivity contribution in [3.8, 4) is 6.07 Å². The number of nitriles is 1. The van der Waals surface area contributed by atoms with Crippen molar-refractivity contribution < 1.29 is 8.42 Å². The molecule has 8 heteroatoms. The SMILES string of the molecule is N#Cc1ccc(CS(=O)(=O)NCCCN=[N+]=[N-])cc1. The molecule has 0 spiro atoms. The lowest BCUT2D eigenvalue weighted by Gasteiger charge is -2.06. The quantitative estimate of drug-likeness (QED) is 0.354. The van der Waals surface area contributed by atoms with Crippen LogP contribution in [0.25, 0.3) is 10.4 Å². The Bertz CT molecular complexity index is 597. The molecular formula is C11H13N5O2S. The largest absolute Gasteiger partial charge is 0.215 e. The van der Waals surface area contributed by atoms with Gasteiger partial charge in [0.1, 0.15) is 0 Å². The first kappa shape index (κ1) is 15.0. The van der Waals surface area contributed by atoms with E-state index in [9.17, 15) is 8.42 Å². The van der Waals surface area contributed by atoms with Gasteiger partial charge in [0.15, 0.2) is 0 Å². The maximum atomic E-state index is 11.7. The van der Waals surface area contributed by atoms with Gasteiger partial charge in [-0.3, -0.25) is 0 Å². The number of hydrogen-bond acceptors (Lipinski definition) is 4. The fraction of sp³-hybridized carbons (Fsp3) is 0.364. The summed E-state index contributed by atoms with van der Waals surface area (Å²) in [5.74, 6) is -0.139. The second-order valence-electron chi connectivity index (χ2n) is 3.77. The van der Waals surface area contributed by atoms with Gasteiger partial charge in [-0.15, -0.1) is 0 Å². The summed E-state index contributed by atoms with van der Waals surface area (Å²) in [5, 5.41) is 11.9. The van der Waals surface area contributed by atoms with Crippen molar-refractivity contribution in [2.75, 3.05) is 13.1 Å². The standard InChI is InChI=1S/C11H13N5O2S/c12-8-10-2-4-11(5-3-10)9-19(17,18)15-7-1-6-14-16-13/h2-5,15H,1,6-7,9H2. The normalized spacial score (nSPS) is 10.5. The van der Waals surface area contributed by atoms with E-state index in [1.807, 2.05) is 6.07 Å². The van der Waals surface area contributed by atoms with Crippen LogP contribution in [0.3, 0.4) is 0 Å². The summed E-state index contributed by atoms with van der Waals surface area (Å²) in [5.41, 5.74) is 9.16. The van der Waals surface area contributed by atoms with Gasteiger partial charge < -0.3 is 0 Å². The summed E-state index contributed by atoms with van der Waals surface area (Å²) in [7, 11) is -3.41. The Balaban J connectivity index is 2.49. The number of benzene rings is 1. The molecule has 1 rings (SSSR count). The molecule has 0 aliphatic rings. The molecule has 1 aromatic rings. The Morgan fingerprint density at radius 1 is 1.37 bits per heavy atom. The molecule has 19 heavy (non-hydrogen) atoms. The van der Waals surface area contributed by atoms with Crippen LogP contribution in [0.2, 0.25) is 0 Å². The predicted molar refractivity (Wildman–Crippen MR) is 70.4 cm³/mol. The highest BCUT2D eigenvalue weighted by molar-refractivity contribution is 7.88. The summed E-state index contributed by atoms with van der Waals surface area (Å²) in [6, 6.07) is 8.34. The van der Waals surface area contributed by atoms with Crippen molar-refractivity contribution in [2.45, 2.75) is 12.2 Å². The number of nitrogens with one attached hydrogen (secondary N) is 1. The van der Waals surface area contributed by atoms with Gasteiger partial charge in [0.25, 0.3) is 0 Å². The number of nitrogens with zero attached hydrogens (tertiary/aromatic N) is 4. The smallest absolute Gasteiger partial charge is 0.215 e. The molecule has 0 unspecified atom stereocenters. The van der Waals surface area contributed by atoms with Crippen LogP contribution in [0.5, 0.6) is 0 Å². The first-order valence-corrected chi connectivity index (χ1v) is 7.20. The van der Waals surface area contributed by atoms with E-state index in [2.05, 4.69) is 14.7 Å². The molecule has 0 fully saturated rings. The maximum absolute atomic E-state index is 11.7. The molecule has 0 saturated heterocycles. The molecule has 0 saturated carbocycles. The Hall–Kier alpha value is -2.07. The van der Waals surface area contributed by atoms with Gasteiger partial charge in [0, 0.05) is 18.0 Å². The topological polar surface area (TPSA) is 119 Å².